The van der Waals surface area contributed by atoms with Gasteiger partial charge >= 0.3 is 5.97 Å². The first-order valence-corrected chi connectivity index (χ1v) is 10.4. The number of ether oxygens (including phenoxy) is 1. The normalized spacial score (nSPS) is 13.2. The quantitative estimate of drug-likeness (QED) is 0.474. The molecule has 0 saturated heterocycles. The molecule has 1 amide bonds. The van der Waals surface area contributed by atoms with Gasteiger partial charge in [-0.15, -0.1) is 11.3 Å². The van der Waals surface area contributed by atoms with Crippen LogP contribution in [-0.2, 0) is 17.7 Å². The van der Waals surface area contributed by atoms with Crippen LogP contribution in [0.1, 0.15) is 42.4 Å². The van der Waals surface area contributed by atoms with Gasteiger partial charge in [-0.1, -0.05) is 24.3 Å². The lowest BCUT2D eigenvalue weighted by atomic mass is 9.95. The number of hydrogen-bond donors (Lipinski definition) is 0. The molecule has 5 nitrogen and oxygen atoms in total. The van der Waals surface area contributed by atoms with E-state index in [9.17, 15) is 9.59 Å². The summed E-state index contributed by atoms with van der Waals surface area (Å²) in [4.78, 5) is 33.3. The number of carbonyl (C=O) groups is 2. The molecule has 0 atom stereocenters. The highest BCUT2D eigenvalue weighted by Crippen LogP contribution is 2.31. The van der Waals surface area contributed by atoms with Crippen molar-refractivity contribution in [2.45, 2.75) is 26.8 Å². The van der Waals surface area contributed by atoms with Crippen molar-refractivity contribution >= 4 is 34.1 Å². The second kappa shape index (κ2) is 7.79. The summed E-state index contributed by atoms with van der Waals surface area (Å²) in [5, 5.41) is 2.69. The van der Waals surface area contributed by atoms with E-state index in [2.05, 4.69) is 6.58 Å². The van der Waals surface area contributed by atoms with Gasteiger partial charge in [0.25, 0.3) is 5.91 Å². The average molecular weight is 407 g/mol. The molecule has 0 unspecified atom stereocenters. The third kappa shape index (κ3) is 3.56. The number of esters is 1. The van der Waals surface area contributed by atoms with Gasteiger partial charge in [-0.25, -0.2) is 4.79 Å². The third-order valence-electron chi connectivity index (χ3n) is 5.17. The van der Waals surface area contributed by atoms with Crippen LogP contribution in [0.2, 0.25) is 0 Å². The van der Waals surface area contributed by atoms with Crippen LogP contribution in [0.4, 0.5) is 0 Å². The Balaban J connectivity index is 1.81. The minimum absolute atomic E-state index is 0.00195. The van der Waals surface area contributed by atoms with Crippen molar-refractivity contribution in [2.75, 3.05) is 13.2 Å². The molecule has 3 heterocycles. The van der Waals surface area contributed by atoms with E-state index in [1.807, 2.05) is 43.5 Å². The van der Waals surface area contributed by atoms with E-state index in [0.717, 1.165) is 38.2 Å². The third-order valence-corrected chi connectivity index (χ3v) is 6.18. The van der Waals surface area contributed by atoms with E-state index in [1.54, 1.807) is 11.0 Å². The number of nitrogens with zero attached hydrogens (tertiary/aromatic N) is 2. The summed E-state index contributed by atoms with van der Waals surface area (Å²) in [6.45, 7) is 8.61. The summed E-state index contributed by atoms with van der Waals surface area (Å²) >= 11 is 1.45. The number of rotatable bonds is 4. The topological polar surface area (TPSA) is 59.5 Å². The highest BCUT2D eigenvalue weighted by molar-refractivity contribution is 7.12. The molecule has 0 bridgehead atoms. The van der Waals surface area contributed by atoms with Crippen molar-refractivity contribution in [3.63, 3.8) is 0 Å². The lowest BCUT2D eigenvalue weighted by molar-refractivity contribution is 0.0545. The number of carbonyl (C=O) groups excluding carboxylic acids is 2. The molecule has 29 heavy (non-hydrogen) atoms. The molecule has 4 rings (SSSR count). The summed E-state index contributed by atoms with van der Waals surface area (Å²) < 4.78 is 5.39. The van der Waals surface area contributed by atoms with Gasteiger partial charge in [0.2, 0.25) is 0 Å². The van der Waals surface area contributed by atoms with Crippen LogP contribution in [0.15, 0.2) is 42.3 Å². The molecule has 1 aromatic carbocycles. The molecule has 6 heteroatoms. The van der Waals surface area contributed by atoms with Crippen molar-refractivity contribution < 1.29 is 14.3 Å². The van der Waals surface area contributed by atoms with Crippen molar-refractivity contribution in [1.82, 2.24) is 9.88 Å². The predicted molar refractivity (Wildman–Crippen MR) is 114 cm³/mol. The zero-order chi connectivity index (χ0) is 20.5. The summed E-state index contributed by atoms with van der Waals surface area (Å²) in [7, 11) is 0. The number of amides is 1. The maximum atomic E-state index is 13.0. The standard InChI is InChI=1S/C23H22N2O3S/c1-4-10-28-23(27)20-16-12-14(2)5-6-18(16)24-19-7-9-25(13-17(19)20)22(26)21-15(3)8-11-29-21/h4-6,8,11-12H,1,7,9-10,13H2,2-3H3. The van der Waals surface area contributed by atoms with E-state index in [-0.39, 0.29) is 12.5 Å². The maximum absolute atomic E-state index is 13.0. The van der Waals surface area contributed by atoms with Crippen molar-refractivity contribution in [2.24, 2.45) is 0 Å². The largest absolute Gasteiger partial charge is 0.458 e. The Morgan fingerprint density at radius 2 is 2.14 bits per heavy atom. The van der Waals surface area contributed by atoms with Crippen LogP contribution in [0.3, 0.4) is 0 Å². The molecule has 1 aliphatic rings. The zero-order valence-electron chi connectivity index (χ0n) is 16.5. The van der Waals surface area contributed by atoms with E-state index in [0.29, 0.717) is 25.1 Å². The Morgan fingerprint density at radius 3 is 2.86 bits per heavy atom. The molecule has 0 saturated carbocycles. The predicted octanol–water partition coefficient (Wildman–Crippen LogP) is 4.45. The summed E-state index contributed by atoms with van der Waals surface area (Å²) in [6, 6.07) is 7.82. The molecule has 0 fully saturated rings. The van der Waals surface area contributed by atoms with Gasteiger partial charge in [0.1, 0.15) is 6.61 Å². The van der Waals surface area contributed by atoms with Crippen LogP contribution in [0, 0.1) is 13.8 Å². The molecule has 0 radical (unpaired) electrons. The van der Waals surface area contributed by atoms with E-state index in [4.69, 9.17) is 9.72 Å². The monoisotopic (exact) mass is 406 g/mol. The SMILES string of the molecule is C=CCOC(=O)c1c2c(nc3ccc(C)cc13)CCN(C(=O)c1sccc1C)C2. The summed E-state index contributed by atoms with van der Waals surface area (Å²) in [5.74, 6) is -0.404. The second-order valence-electron chi connectivity index (χ2n) is 7.23. The molecule has 0 spiro atoms. The smallest absolute Gasteiger partial charge is 0.339 e. The second-order valence-corrected chi connectivity index (χ2v) is 8.15. The van der Waals surface area contributed by atoms with Crippen LogP contribution >= 0.6 is 11.3 Å². The first kappa shape index (κ1) is 19.3. The van der Waals surface area contributed by atoms with Gasteiger partial charge in [0, 0.05) is 36.2 Å². The first-order valence-electron chi connectivity index (χ1n) is 9.53. The molecule has 2 aromatic heterocycles. The Bertz CT molecular complexity index is 1130. The molecule has 1 aliphatic heterocycles. The van der Waals surface area contributed by atoms with Gasteiger partial charge < -0.3 is 9.64 Å². The number of thiophene rings is 1. The van der Waals surface area contributed by atoms with Gasteiger partial charge in [0.05, 0.1) is 16.0 Å². The minimum Gasteiger partial charge on any atom is -0.458 e. The van der Waals surface area contributed by atoms with Crippen LogP contribution in [0.5, 0.6) is 0 Å². The molecule has 0 aliphatic carbocycles. The number of fused-ring (bicyclic) bond motifs is 2. The summed E-state index contributed by atoms with van der Waals surface area (Å²) in [5.41, 5.74) is 4.94. The lowest BCUT2D eigenvalue weighted by Crippen LogP contribution is -2.37. The number of aryl methyl sites for hydroxylation is 2. The van der Waals surface area contributed by atoms with Crippen LogP contribution < -0.4 is 0 Å². The lowest BCUT2D eigenvalue weighted by Gasteiger charge is -2.30. The van der Waals surface area contributed by atoms with Crippen LogP contribution in [-0.4, -0.2) is 34.9 Å². The maximum Gasteiger partial charge on any atom is 0.339 e. The van der Waals surface area contributed by atoms with Crippen LogP contribution in [0.25, 0.3) is 10.9 Å². The van der Waals surface area contributed by atoms with Crippen molar-refractivity contribution in [3.05, 3.63) is 75.1 Å². The highest BCUT2D eigenvalue weighted by Gasteiger charge is 2.30. The minimum atomic E-state index is -0.402. The summed E-state index contributed by atoms with van der Waals surface area (Å²) in [6.07, 6.45) is 2.16. The van der Waals surface area contributed by atoms with Gasteiger partial charge in [-0.3, -0.25) is 9.78 Å². The fourth-order valence-electron chi connectivity index (χ4n) is 3.70. The van der Waals surface area contributed by atoms with E-state index < -0.39 is 5.97 Å². The fraction of sp³-hybridized carbons (Fsp3) is 0.261. The van der Waals surface area contributed by atoms with Gasteiger partial charge in [-0.05, 0) is 43.0 Å². The number of benzene rings is 1. The van der Waals surface area contributed by atoms with E-state index >= 15 is 0 Å². The van der Waals surface area contributed by atoms with Gasteiger partial charge in [0.15, 0.2) is 0 Å². The zero-order valence-corrected chi connectivity index (χ0v) is 17.3. The Hall–Kier alpha value is -2.99. The first-order chi connectivity index (χ1) is 14.0. The Kier molecular flexibility index (Phi) is 5.20. The number of hydrogen-bond acceptors (Lipinski definition) is 5. The van der Waals surface area contributed by atoms with Gasteiger partial charge in [-0.2, -0.15) is 0 Å². The fourth-order valence-corrected chi connectivity index (χ4v) is 4.60. The highest BCUT2D eigenvalue weighted by atomic mass is 32.1. The van der Waals surface area contributed by atoms with Crippen molar-refractivity contribution in [1.29, 1.82) is 0 Å². The number of aromatic nitrogens is 1. The Labute approximate surface area is 173 Å². The number of pyridine rings is 1. The van der Waals surface area contributed by atoms with Crippen molar-refractivity contribution in [3.8, 4) is 0 Å². The average Bonchev–Trinajstić information content (AvgIpc) is 3.15. The molecule has 3 aromatic rings. The van der Waals surface area contributed by atoms with E-state index in [1.165, 1.54) is 11.3 Å². The molecular weight excluding hydrogens is 384 g/mol. The molecule has 148 valence electrons. The molecular formula is C23H22N2O3S. The molecule has 0 N–H and O–H groups in total. The Morgan fingerprint density at radius 1 is 1.31 bits per heavy atom.